The summed E-state index contributed by atoms with van der Waals surface area (Å²) in [6, 6.07) is 5.63. The molecule has 1 atom stereocenters. The van der Waals surface area contributed by atoms with Gasteiger partial charge in [0.15, 0.2) is 0 Å². The normalized spacial score (nSPS) is 21.9. The van der Waals surface area contributed by atoms with Crippen LogP contribution in [0.5, 0.6) is 5.88 Å². The van der Waals surface area contributed by atoms with E-state index in [0.29, 0.717) is 12.4 Å². The third-order valence-electron chi connectivity index (χ3n) is 2.79. The van der Waals surface area contributed by atoms with Crippen molar-refractivity contribution in [2.75, 3.05) is 26.3 Å². The zero-order valence-corrected chi connectivity index (χ0v) is 9.31. The summed E-state index contributed by atoms with van der Waals surface area (Å²) in [5.74, 6) is 0.662. The van der Waals surface area contributed by atoms with E-state index in [2.05, 4.69) is 9.88 Å². The molecule has 16 heavy (non-hydrogen) atoms. The van der Waals surface area contributed by atoms with Crippen molar-refractivity contribution in [3.63, 3.8) is 0 Å². The second-order valence-electron chi connectivity index (χ2n) is 4.04. The number of hydrogen-bond donors (Lipinski definition) is 0. The van der Waals surface area contributed by atoms with Gasteiger partial charge in [-0.05, 0) is 25.5 Å². The number of hydrogen-bond acceptors (Lipinski definition) is 3. The van der Waals surface area contributed by atoms with Gasteiger partial charge in [-0.3, -0.25) is 4.90 Å². The number of ether oxygens (including phenoxy) is 1. The Hall–Kier alpha value is -1.16. The van der Waals surface area contributed by atoms with Crippen LogP contribution in [0.1, 0.15) is 12.8 Å². The lowest BCUT2D eigenvalue weighted by Gasteiger charge is -2.31. The Morgan fingerprint density at radius 3 is 3.19 bits per heavy atom. The van der Waals surface area contributed by atoms with Crippen LogP contribution in [0.3, 0.4) is 0 Å². The minimum atomic E-state index is -0.281. The molecule has 0 saturated carbocycles. The van der Waals surface area contributed by atoms with Gasteiger partial charge in [0.2, 0.25) is 5.88 Å². The summed E-state index contributed by atoms with van der Waals surface area (Å²) in [5.41, 5.74) is 0. The summed E-state index contributed by atoms with van der Waals surface area (Å²) in [4.78, 5) is 6.24. The highest BCUT2D eigenvalue weighted by atomic mass is 19.1. The van der Waals surface area contributed by atoms with Crippen molar-refractivity contribution in [3.05, 3.63) is 24.4 Å². The molecule has 1 fully saturated rings. The number of nitrogens with zero attached hydrogens (tertiary/aromatic N) is 2. The fourth-order valence-electron chi connectivity index (χ4n) is 2.02. The van der Waals surface area contributed by atoms with Crippen molar-refractivity contribution < 1.29 is 9.13 Å². The van der Waals surface area contributed by atoms with Gasteiger partial charge in [0, 0.05) is 25.4 Å². The van der Waals surface area contributed by atoms with Crippen molar-refractivity contribution in [3.8, 4) is 5.88 Å². The first-order valence-corrected chi connectivity index (χ1v) is 5.74. The van der Waals surface area contributed by atoms with Crippen LogP contribution >= 0.6 is 0 Å². The summed E-state index contributed by atoms with van der Waals surface area (Å²) in [7, 11) is 0. The molecule has 0 aromatic carbocycles. The SMILES string of the molecule is FCCN1CCCC(Oc2ccccn2)C1. The van der Waals surface area contributed by atoms with E-state index in [0.717, 1.165) is 25.9 Å². The van der Waals surface area contributed by atoms with Crippen LogP contribution in [-0.4, -0.2) is 42.3 Å². The van der Waals surface area contributed by atoms with Gasteiger partial charge in [0.05, 0.1) is 0 Å². The number of likely N-dealkylation sites (tertiary alicyclic amines) is 1. The van der Waals surface area contributed by atoms with E-state index in [9.17, 15) is 4.39 Å². The summed E-state index contributed by atoms with van der Waals surface area (Å²) >= 11 is 0. The molecule has 2 heterocycles. The molecule has 88 valence electrons. The Morgan fingerprint density at radius 1 is 1.50 bits per heavy atom. The molecule has 1 aromatic heterocycles. The summed E-state index contributed by atoms with van der Waals surface area (Å²) < 4.78 is 18.0. The molecule has 1 unspecified atom stereocenters. The minimum absolute atomic E-state index is 0.148. The van der Waals surface area contributed by atoms with Crippen molar-refractivity contribution >= 4 is 0 Å². The van der Waals surface area contributed by atoms with Gasteiger partial charge in [0.25, 0.3) is 0 Å². The van der Waals surface area contributed by atoms with E-state index in [4.69, 9.17) is 4.74 Å². The van der Waals surface area contributed by atoms with E-state index >= 15 is 0 Å². The van der Waals surface area contributed by atoms with Crippen LogP contribution in [0.15, 0.2) is 24.4 Å². The molecule has 1 aromatic rings. The van der Waals surface area contributed by atoms with Crippen molar-refractivity contribution in [1.82, 2.24) is 9.88 Å². The smallest absolute Gasteiger partial charge is 0.213 e. The quantitative estimate of drug-likeness (QED) is 0.781. The molecule has 1 saturated heterocycles. The second kappa shape index (κ2) is 5.80. The molecular weight excluding hydrogens is 207 g/mol. The first-order chi connectivity index (χ1) is 7.88. The molecular formula is C12H17FN2O. The Bertz CT molecular complexity index is 305. The number of halogens is 1. The largest absolute Gasteiger partial charge is 0.473 e. The molecule has 0 amide bonds. The van der Waals surface area contributed by atoms with E-state index in [-0.39, 0.29) is 12.8 Å². The fourth-order valence-corrected chi connectivity index (χ4v) is 2.02. The zero-order chi connectivity index (χ0) is 11.2. The fraction of sp³-hybridized carbons (Fsp3) is 0.583. The maximum Gasteiger partial charge on any atom is 0.213 e. The van der Waals surface area contributed by atoms with Gasteiger partial charge >= 0.3 is 0 Å². The Balaban J connectivity index is 1.85. The number of alkyl halides is 1. The highest BCUT2D eigenvalue weighted by molar-refractivity contribution is 5.09. The maximum atomic E-state index is 12.2. The van der Waals surface area contributed by atoms with Gasteiger partial charge in [-0.2, -0.15) is 0 Å². The molecule has 1 aliphatic heterocycles. The van der Waals surface area contributed by atoms with E-state index < -0.39 is 0 Å². The maximum absolute atomic E-state index is 12.2. The van der Waals surface area contributed by atoms with Crippen LogP contribution in [0, 0.1) is 0 Å². The summed E-state index contributed by atoms with van der Waals surface area (Å²) in [6.45, 7) is 2.02. The third-order valence-corrected chi connectivity index (χ3v) is 2.79. The predicted octanol–water partition coefficient (Wildman–Crippen LogP) is 1.89. The average molecular weight is 224 g/mol. The molecule has 1 aliphatic rings. The number of pyridine rings is 1. The number of piperidine rings is 1. The third kappa shape index (κ3) is 3.17. The van der Waals surface area contributed by atoms with Crippen LogP contribution in [0.4, 0.5) is 4.39 Å². The van der Waals surface area contributed by atoms with Crippen molar-refractivity contribution in [2.45, 2.75) is 18.9 Å². The molecule has 3 nitrogen and oxygen atoms in total. The zero-order valence-electron chi connectivity index (χ0n) is 9.31. The Labute approximate surface area is 95.2 Å². The van der Waals surface area contributed by atoms with Gasteiger partial charge in [-0.1, -0.05) is 6.07 Å². The monoisotopic (exact) mass is 224 g/mol. The average Bonchev–Trinajstić information content (AvgIpc) is 2.31. The molecule has 4 heteroatoms. The Morgan fingerprint density at radius 2 is 2.44 bits per heavy atom. The van der Waals surface area contributed by atoms with Gasteiger partial charge in [-0.15, -0.1) is 0 Å². The molecule has 0 N–H and O–H groups in total. The van der Waals surface area contributed by atoms with Gasteiger partial charge in [0.1, 0.15) is 12.8 Å². The minimum Gasteiger partial charge on any atom is -0.473 e. The van der Waals surface area contributed by atoms with Crippen LogP contribution in [-0.2, 0) is 0 Å². The first-order valence-electron chi connectivity index (χ1n) is 5.74. The molecule has 2 rings (SSSR count). The van der Waals surface area contributed by atoms with Crippen LogP contribution < -0.4 is 4.74 Å². The summed E-state index contributed by atoms with van der Waals surface area (Å²) in [6.07, 6.45) is 3.96. The number of rotatable bonds is 4. The highest BCUT2D eigenvalue weighted by Gasteiger charge is 2.20. The highest BCUT2D eigenvalue weighted by Crippen LogP contribution is 2.15. The van der Waals surface area contributed by atoms with E-state index in [1.807, 2.05) is 18.2 Å². The van der Waals surface area contributed by atoms with Crippen molar-refractivity contribution in [2.24, 2.45) is 0 Å². The lowest BCUT2D eigenvalue weighted by Crippen LogP contribution is -2.42. The lowest BCUT2D eigenvalue weighted by molar-refractivity contribution is 0.0814. The second-order valence-corrected chi connectivity index (χ2v) is 4.04. The molecule has 0 aliphatic carbocycles. The Kier molecular flexibility index (Phi) is 4.10. The van der Waals surface area contributed by atoms with Gasteiger partial charge < -0.3 is 4.74 Å². The van der Waals surface area contributed by atoms with Crippen LogP contribution in [0.2, 0.25) is 0 Å². The van der Waals surface area contributed by atoms with E-state index in [1.54, 1.807) is 6.20 Å². The molecule has 0 radical (unpaired) electrons. The predicted molar refractivity (Wildman–Crippen MR) is 60.3 cm³/mol. The molecule has 0 spiro atoms. The van der Waals surface area contributed by atoms with E-state index in [1.165, 1.54) is 0 Å². The number of aromatic nitrogens is 1. The summed E-state index contributed by atoms with van der Waals surface area (Å²) in [5, 5.41) is 0. The molecule has 0 bridgehead atoms. The standard InChI is InChI=1S/C12H17FN2O/c13-6-9-15-8-3-4-11(10-15)16-12-5-1-2-7-14-12/h1-2,5,7,11H,3-4,6,8-10H2. The van der Waals surface area contributed by atoms with Gasteiger partial charge in [-0.25, -0.2) is 9.37 Å². The first kappa shape index (κ1) is 11.3. The van der Waals surface area contributed by atoms with Crippen LogP contribution in [0.25, 0.3) is 0 Å². The lowest BCUT2D eigenvalue weighted by atomic mass is 10.1. The topological polar surface area (TPSA) is 25.4 Å². The van der Waals surface area contributed by atoms with Crippen molar-refractivity contribution in [1.29, 1.82) is 0 Å².